The van der Waals surface area contributed by atoms with Gasteiger partial charge in [-0.25, -0.2) is 28.9 Å². The van der Waals surface area contributed by atoms with E-state index in [2.05, 4.69) is 36.3 Å². The molecule has 0 aliphatic rings. The Balaban J connectivity index is 0. The average Bonchev–Trinajstić information content (AvgIpc) is 3.54. The van der Waals surface area contributed by atoms with E-state index in [4.69, 9.17) is 9.68 Å². The summed E-state index contributed by atoms with van der Waals surface area (Å²) in [5, 5.41) is 15.7. The first kappa shape index (κ1) is 54.7. The van der Waals surface area contributed by atoms with Crippen molar-refractivity contribution in [2.24, 2.45) is 0 Å². The Kier molecular flexibility index (Phi) is 15.5. The van der Waals surface area contributed by atoms with Crippen LogP contribution in [0.1, 0.15) is 0 Å². The SMILES string of the molecule is CN(C)C(On1nnc2cccnc21)=[N+](C)C.CN(C)C(On1nnc2cccnc21)=[N+](C)C.C[NH3+].F[P-](F)(F)(F)(F)F.F[P-](F)(F)(F)(F)F.F[P-](F)(F)(F)(F)F. The fourth-order valence-electron chi connectivity index (χ4n) is 2.89. The van der Waals surface area contributed by atoms with E-state index in [1.807, 2.05) is 99.6 Å². The van der Waals surface area contributed by atoms with Crippen molar-refractivity contribution in [3.63, 3.8) is 0 Å². The summed E-state index contributed by atoms with van der Waals surface area (Å²) < 4.78 is 181. The van der Waals surface area contributed by atoms with E-state index in [-0.39, 0.29) is 0 Å². The summed E-state index contributed by atoms with van der Waals surface area (Å²) in [6.45, 7) is 0. The molecule has 4 rings (SSSR count). The zero-order valence-corrected chi connectivity index (χ0v) is 33.2. The van der Waals surface area contributed by atoms with Gasteiger partial charge in [0, 0.05) is 12.4 Å². The number of hydrogen-bond donors (Lipinski definition) is 1. The number of fused-ring (bicyclic) bond motifs is 2. The van der Waals surface area contributed by atoms with E-state index in [1.165, 1.54) is 9.69 Å². The molecule has 4 heterocycles. The Labute approximate surface area is 308 Å². The Bertz CT molecular complexity index is 1790. The van der Waals surface area contributed by atoms with E-state index in [0.717, 1.165) is 0 Å². The Morgan fingerprint density at radius 2 is 0.754 bits per heavy atom. The van der Waals surface area contributed by atoms with Crippen LogP contribution in [-0.2, 0) is 0 Å². The number of aromatic nitrogens is 8. The molecule has 0 saturated heterocycles. The molecular weight excluding hydrogens is 901 g/mol. The van der Waals surface area contributed by atoms with Gasteiger partial charge in [0.2, 0.25) is 11.3 Å². The molecule has 36 heteroatoms. The molecule has 0 amide bonds. The molecule has 0 bridgehead atoms. The molecule has 15 nitrogen and oxygen atoms in total. The number of amidine groups is 2. The summed E-state index contributed by atoms with van der Waals surface area (Å²) in [6, 6.07) is 8.57. The summed E-state index contributed by atoms with van der Waals surface area (Å²) in [7, 11) is -15.1. The Morgan fingerprint density at radius 3 is 0.947 bits per heavy atom. The fourth-order valence-corrected chi connectivity index (χ4v) is 2.89. The van der Waals surface area contributed by atoms with Crippen molar-refractivity contribution in [2.75, 3.05) is 63.4 Å². The molecule has 0 saturated carbocycles. The van der Waals surface area contributed by atoms with Crippen LogP contribution in [-0.4, -0.2) is 135 Å². The number of quaternary nitrogens is 1. The van der Waals surface area contributed by atoms with Crippen molar-refractivity contribution < 1.29 is 100 Å². The van der Waals surface area contributed by atoms with Crippen LogP contribution >= 0.6 is 23.4 Å². The van der Waals surface area contributed by atoms with Gasteiger partial charge in [-0.3, -0.25) is 9.68 Å². The summed E-state index contributed by atoms with van der Waals surface area (Å²) >= 11 is 0. The van der Waals surface area contributed by atoms with Crippen LogP contribution in [0.4, 0.5) is 75.5 Å². The van der Waals surface area contributed by atoms with Gasteiger partial charge in [0.25, 0.3) is 0 Å². The van der Waals surface area contributed by atoms with Crippen molar-refractivity contribution in [3.05, 3.63) is 36.7 Å². The van der Waals surface area contributed by atoms with Crippen molar-refractivity contribution in [2.45, 2.75) is 0 Å². The topological polar surface area (TPSA) is 146 Å². The predicted molar refractivity (Wildman–Crippen MR) is 175 cm³/mol. The molecule has 0 radical (unpaired) electrons. The number of rotatable bonds is 2. The third-order valence-corrected chi connectivity index (χ3v) is 4.23. The molecule has 0 aromatic carbocycles. The maximum atomic E-state index is 9.87. The second-order valence-corrected chi connectivity index (χ2v) is 16.6. The van der Waals surface area contributed by atoms with Crippen molar-refractivity contribution in [3.8, 4) is 0 Å². The first-order chi connectivity index (χ1) is 24.5. The molecule has 4 aromatic rings. The van der Waals surface area contributed by atoms with Crippen molar-refractivity contribution in [1.82, 2.24) is 50.1 Å². The standard InChI is InChI=1S/2C10H15N6O.CH5N.3F6P/c2*1-14(2)10(15(3)4)17-16-9-8(12-13-16)6-5-7-11-9;1-2;3*1-7(2,3,4,5)6/h2*5-7H,1-4H3;2H2,1H3;;;/q2*+1;;3*-1/p+1. The van der Waals surface area contributed by atoms with Gasteiger partial charge in [-0.15, -0.1) is 10.2 Å². The van der Waals surface area contributed by atoms with E-state index in [9.17, 15) is 75.5 Å². The molecule has 0 aliphatic carbocycles. The van der Waals surface area contributed by atoms with Gasteiger partial charge in [-0.05, 0) is 44.4 Å². The minimum atomic E-state index is -10.7. The molecular formula is C21H36F18N13O2P3. The van der Waals surface area contributed by atoms with Crippen molar-refractivity contribution in [1.29, 1.82) is 0 Å². The second-order valence-electron chi connectivity index (χ2n) is 10.8. The van der Waals surface area contributed by atoms with Crippen molar-refractivity contribution >= 4 is 57.8 Å². The number of halogens is 18. The van der Waals surface area contributed by atoms with Crippen LogP contribution in [0.25, 0.3) is 22.3 Å². The van der Waals surface area contributed by atoms with E-state index in [0.29, 0.717) is 34.4 Å². The van der Waals surface area contributed by atoms with Crippen LogP contribution in [0.5, 0.6) is 0 Å². The number of hydrogen-bond acceptors (Lipinski definition) is 8. The van der Waals surface area contributed by atoms with Gasteiger partial charge in [0.05, 0.1) is 63.4 Å². The third-order valence-electron chi connectivity index (χ3n) is 4.23. The van der Waals surface area contributed by atoms with Gasteiger partial charge >= 0.3 is 111 Å². The third kappa shape index (κ3) is 35.8. The quantitative estimate of drug-likeness (QED) is 0.0693. The van der Waals surface area contributed by atoms with E-state index in [1.54, 1.807) is 19.4 Å². The minimum absolute atomic E-state index is 0.591. The monoisotopic (exact) mass is 937 g/mol. The van der Waals surface area contributed by atoms with Crippen LogP contribution in [0, 0.1) is 0 Å². The van der Waals surface area contributed by atoms with Gasteiger partial charge in [-0.1, -0.05) is 0 Å². The number of nitrogens with zero attached hydrogens (tertiary/aromatic N) is 12. The number of pyridine rings is 2. The predicted octanol–water partition coefficient (Wildman–Crippen LogP) is 7.89. The first-order valence-corrected chi connectivity index (χ1v) is 20.1. The second kappa shape index (κ2) is 16.1. The molecule has 3 N–H and O–H groups in total. The molecule has 0 unspecified atom stereocenters. The molecule has 0 fully saturated rings. The molecule has 57 heavy (non-hydrogen) atoms. The summed E-state index contributed by atoms with van der Waals surface area (Å²) in [4.78, 5) is 25.9. The van der Waals surface area contributed by atoms with Gasteiger partial charge in [0.15, 0.2) is 0 Å². The zero-order valence-electron chi connectivity index (χ0n) is 30.5. The Morgan fingerprint density at radius 1 is 0.526 bits per heavy atom. The molecule has 0 spiro atoms. The van der Waals surface area contributed by atoms with E-state index >= 15 is 0 Å². The summed E-state index contributed by atoms with van der Waals surface area (Å²) in [6.07, 6.45) is 3.35. The van der Waals surface area contributed by atoms with E-state index < -0.39 is 23.4 Å². The first-order valence-electron chi connectivity index (χ1n) is 14.1. The summed E-state index contributed by atoms with van der Waals surface area (Å²) in [5.74, 6) is 0. The van der Waals surface area contributed by atoms with Crippen LogP contribution in [0.2, 0.25) is 0 Å². The molecule has 4 aromatic heterocycles. The van der Waals surface area contributed by atoms with Crippen LogP contribution < -0.4 is 15.4 Å². The summed E-state index contributed by atoms with van der Waals surface area (Å²) in [5.41, 5.74) is 5.83. The molecule has 338 valence electrons. The Hall–Kier alpha value is -4.37. The van der Waals surface area contributed by atoms with Crippen LogP contribution in [0.15, 0.2) is 36.7 Å². The van der Waals surface area contributed by atoms with Crippen LogP contribution in [0.3, 0.4) is 0 Å². The van der Waals surface area contributed by atoms with Gasteiger partial charge in [-0.2, -0.15) is 0 Å². The maximum absolute atomic E-state index is 10.7. The van der Waals surface area contributed by atoms with Gasteiger partial charge in [0.1, 0.15) is 11.0 Å². The molecule has 0 aliphatic heterocycles. The average molecular weight is 937 g/mol. The molecule has 0 atom stereocenters. The fraction of sp³-hybridized carbons (Fsp3) is 0.429. The zero-order chi connectivity index (χ0) is 46.1. The normalized spacial score (nSPS) is 14.8. The van der Waals surface area contributed by atoms with Gasteiger partial charge < -0.3 is 5.73 Å².